The Bertz CT molecular complexity index is 4240. The van der Waals surface area contributed by atoms with Crippen LogP contribution in [0.15, 0.2) is 119 Å². The molecule has 8 rings (SSSR count). The minimum atomic E-state index is -4.77. The number of ether oxygens (including phenoxy) is 8. The summed E-state index contributed by atoms with van der Waals surface area (Å²) >= 11 is 0. The predicted octanol–water partition coefficient (Wildman–Crippen LogP) is -2.58. The minimum Gasteiger partial charge on any atom is -0.552 e. The molecule has 92 heavy (non-hydrogen) atoms. The Kier molecular flexibility index (Phi) is 30.2. The zero-order chi connectivity index (χ0) is 87.8. The van der Waals surface area contributed by atoms with Gasteiger partial charge in [0, 0.05) is 81.7 Å². The molecule has 0 spiro atoms. The van der Waals surface area contributed by atoms with Gasteiger partial charge < -0.3 is 61.9 Å². The van der Waals surface area contributed by atoms with Gasteiger partial charge in [-0.3, -0.25) is 9.59 Å². The van der Waals surface area contributed by atoms with Crippen molar-refractivity contribution in [3.8, 4) is 0 Å². The van der Waals surface area contributed by atoms with Crippen LogP contribution < -0.4 is 124 Å². The average Bonchev–Trinajstić information content (AvgIpc) is 1.48. The number of nitrogen functional groups attached to an aromatic ring is 1. The van der Waals surface area contributed by atoms with Crippen molar-refractivity contribution in [2.45, 2.75) is 120 Å². The maximum absolute atomic E-state index is 14.0. The zero-order valence-corrected chi connectivity index (χ0v) is 62.7. The molecule has 25 nitrogen and oxygen atoms in total. The molecule has 4 heterocycles. The summed E-state index contributed by atoms with van der Waals surface area (Å²) in [4.78, 5) is 54.9. The molecule has 4 saturated heterocycles. The summed E-state index contributed by atoms with van der Waals surface area (Å²) in [6.45, 7) is -17.3. The van der Waals surface area contributed by atoms with E-state index in [4.69, 9.17) is 116 Å². The Morgan fingerprint density at radius 1 is 0.630 bits per heavy atom. The van der Waals surface area contributed by atoms with Crippen molar-refractivity contribution in [3.63, 3.8) is 0 Å². The van der Waals surface area contributed by atoms with Gasteiger partial charge in [-0.15, -0.1) is 0 Å². The van der Waals surface area contributed by atoms with Crippen LogP contribution in [0.4, 0.5) is 5.69 Å². The number of nitrogens with two attached hydrogens (primary N) is 1. The first kappa shape index (κ1) is 56.0. The number of esters is 2. The van der Waals surface area contributed by atoms with Crippen LogP contribution in [-0.4, -0.2) is 127 Å². The Balaban J connectivity index is 0. The van der Waals surface area contributed by atoms with Crippen molar-refractivity contribution in [2.75, 3.05) is 58.1 Å². The van der Waals surface area contributed by atoms with Crippen LogP contribution in [0.3, 0.4) is 0 Å². The number of sulfonamides is 2. The fraction of sp³-hybridized carbons (Fsp3) is 0.525. The van der Waals surface area contributed by atoms with E-state index < -0.39 is 206 Å². The molecular formula is C59H79N3Na4O22P2S2. The average molecular weight is 1430 g/mol. The van der Waals surface area contributed by atoms with E-state index in [1.54, 1.807) is 67.6 Å². The van der Waals surface area contributed by atoms with Gasteiger partial charge in [-0.25, -0.2) is 31.1 Å². The maximum atomic E-state index is 14.0. The van der Waals surface area contributed by atoms with E-state index in [0.29, 0.717) is 15.4 Å². The van der Waals surface area contributed by atoms with Crippen molar-refractivity contribution in [3.05, 3.63) is 160 Å². The van der Waals surface area contributed by atoms with E-state index in [1.807, 2.05) is 0 Å². The molecule has 1 unspecified atom stereocenters. The van der Waals surface area contributed by atoms with E-state index in [9.17, 15) is 26.4 Å². The molecule has 488 valence electrons. The van der Waals surface area contributed by atoms with Crippen LogP contribution in [0.1, 0.15) is 104 Å². The molecule has 2 N–H and O–H groups in total. The van der Waals surface area contributed by atoms with Gasteiger partial charge in [0.25, 0.3) is 0 Å². The SMILES string of the molecule is O=O.O=O.O=[P-]=O.O=[P-]=O.[2H]C(C)(C)C([2H])([2H])N(C[C@@H](O[CH2-])[C@@H](CC(=O)O[C@@]1([2H])C([2H])([2H])O[C@@]2([2H])OC([2H])([2H])C([2H])([2H])[C@]21[2H])Cc1ccccc1)S(=O)(=O)c1ccc(N)cc1.[2H]C([2H])([2H])C([2H])(C)CN(C[C@@H](O[CH2-])[C@@H](CC(=O)O[C@@]1([2H])C([2H])([2H])O[C@@]2([2H])OC([2H])([2H])C([2H])([2H])[C@]21[2H])Cc1ccccc1)S(=O)(=O)c1ccc(C)cc1.[Na+].[Na+].[Na+].[Na+]. The van der Waals surface area contributed by atoms with Gasteiger partial charge in [0.1, 0.15) is 12.2 Å². The molecule has 0 bridgehead atoms. The smallest absolute Gasteiger partial charge is 0.552 e. The second-order valence-corrected chi connectivity index (χ2v) is 22.6. The van der Waals surface area contributed by atoms with Crippen LogP contribution in [-0.2, 0) is 98.6 Å². The van der Waals surface area contributed by atoms with Crippen LogP contribution in [0.5, 0.6) is 0 Å². The summed E-state index contributed by atoms with van der Waals surface area (Å²) in [5.41, 5.74) is 7.79. The molecule has 0 aliphatic carbocycles. The summed E-state index contributed by atoms with van der Waals surface area (Å²) in [5, 5.41) is 0. The summed E-state index contributed by atoms with van der Waals surface area (Å²) in [6.07, 6.45) is -26.5. The van der Waals surface area contributed by atoms with Crippen LogP contribution >= 0.6 is 16.7 Å². The quantitative estimate of drug-likeness (QED) is 0.0222. The van der Waals surface area contributed by atoms with E-state index in [1.165, 1.54) is 36.4 Å². The first-order valence-corrected chi connectivity index (χ1v) is 29.6. The van der Waals surface area contributed by atoms with Gasteiger partial charge in [-0.1, -0.05) is 123 Å². The van der Waals surface area contributed by atoms with Gasteiger partial charge in [-0.2, -0.15) is 8.61 Å². The maximum Gasteiger partial charge on any atom is 1.00 e. The monoisotopic (exact) mass is 1420 g/mol. The van der Waals surface area contributed by atoms with Crippen molar-refractivity contribution in [1.82, 2.24) is 8.61 Å². The van der Waals surface area contributed by atoms with E-state index in [0.717, 1.165) is 42.8 Å². The first-order chi connectivity index (χ1) is 51.4. The number of anilines is 1. The summed E-state index contributed by atoms with van der Waals surface area (Å²) < 4.78 is 339. The molecule has 0 radical (unpaired) electrons. The number of aryl methyl sites for hydroxylation is 1. The standard InChI is InChI=1S/C30H40NO7S.C29H39N2O7S.4Na.2O2P.2O2/c1-21(2)18-31(39(33,34)25-12-10-22(3)11-13-25)19-27(35-4)24(16-23-8-6-5-7-9-23)17-29(32)38-28-20-37-30-26(28)14-15-36-30;1-20(2)17-31(39(33,34)24-11-9-23(30)10-12-24)18-26(35-3)22(15-21-7-5-4-6-8-21)16-28(32)38-27-19-37-29-25(27)13-14-36-29;;;;;2*1-3-2;2*1-2/h5-13,21,24,26-28,30H,4,14-20H2,1-3H3;4-12,20,22,25-27,29H,3,13-19,30H2,1-2H3;;;;;;;;/q2*-1;4*+1;2*-1;;/t24-,26+,27-,28+,30-;22-,25+,26-,27+,29-;;;;;;;;/m11......../s1/i1D3,14D2,15D2,20D2,21D,26D,28D,30D;13D2,14D2,17D2,19D2,20D,25D,27D,29D;;;;;;;;/t21?,24-,26+,27-,28+,30-;m;;;;;;;;. The molecule has 4 fully saturated rings. The number of rotatable bonds is 26. The number of benzene rings is 4. The van der Waals surface area contributed by atoms with Crippen LogP contribution in [0.2, 0.25) is 0 Å². The van der Waals surface area contributed by atoms with Crippen molar-refractivity contribution < 1.29 is 235 Å². The van der Waals surface area contributed by atoms with E-state index >= 15 is 0 Å². The van der Waals surface area contributed by atoms with Gasteiger partial charge in [0.2, 0.25) is 20.0 Å². The minimum absolute atomic E-state index is 0. The van der Waals surface area contributed by atoms with Crippen molar-refractivity contribution >= 4 is 54.4 Å². The molecule has 4 aromatic carbocycles. The fourth-order valence-corrected chi connectivity index (χ4v) is 11.1. The molecule has 33 heteroatoms. The van der Waals surface area contributed by atoms with Gasteiger partial charge >= 0.3 is 130 Å². The molecule has 11 atom stereocenters. The number of fused-ring (bicyclic) bond motifs is 2. The first-order valence-electron chi connectivity index (χ1n) is 37.7. The molecule has 4 aromatic rings. The van der Waals surface area contributed by atoms with E-state index in [2.05, 4.69) is 14.2 Å². The normalized spacial score (nSPS) is 32.7. The third-order valence-corrected chi connectivity index (χ3v) is 15.6. The number of nitrogens with zero attached hydrogens (tertiary/aromatic N) is 2. The number of carbonyl (C=O) groups excluding carboxylic acids is 2. The summed E-state index contributed by atoms with van der Waals surface area (Å²) in [5.74, 6) is -17.1. The largest absolute Gasteiger partial charge is 1.00 e. The predicted molar refractivity (Wildman–Crippen MR) is 324 cm³/mol. The molecular weight excluding hydrogens is 1320 g/mol. The third kappa shape index (κ3) is 30.5. The van der Waals surface area contributed by atoms with E-state index in [-0.39, 0.29) is 147 Å². The van der Waals surface area contributed by atoms with Gasteiger partial charge in [0.05, 0.1) is 77.1 Å². The Morgan fingerprint density at radius 3 is 1.37 bits per heavy atom. The molecule has 4 aliphatic rings. The Labute approximate surface area is 665 Å². The molecule has 0 aromatic heterocycles. The zero-order valence-electron chi connectivity index (χ0n) is 76.2. The second-order valence-electron chi connectivity index (χ2n) is 18.5. The molecule has 4 aliphatic heterocycles. The Hall–Kier alpha value is -1.80. The van der Waals surface area contributed by atoms with Gasteiger partial charge in [0.15, 0.2) is 12.5 Å². The number of hydrogen-bond acceptors (Lipinski definition) is 23. The number of hydrogen-bond donors (Lipinski definition) is 1. The molecule has 0 amide bonds. The third-order valence-electron chi connectivity index (χ3n) is 12.0. The van der Waals surface area contributed by atoms with Gasteiger partial charge in [-0.05, 0) is 104 Å². The second kappa shape index (κ2) is 49.7. The summed E-state index contributed by atoms with van der Waals surface area (Å²) in [7, 11) is -4.60. The Morgan fingerprint density at radius 2 is 1.00 bits per heavy atom. The number of carbonyl (C=O) groups is 2. The van der Waals surface area contributed by atoms with Crippen LogP contribution in [0, 0.1) is 76.4 Å². The summed E-state index contributed by atoms with van der Waals surface area (Å²) in [6, 6.07) is 27.1. The van der Waals surface area contributed by atoms with Crippen molar-refractivity contribution in [2.24, 2.45) is 35.4 Å². The molecule has 0 saturated carbocycles. The van der Waals surface area contributed by atoms with Crippen molar-refractivity contribution in [1.29, 1.82) is 0 Å². The fourth-order valence-electron chi connectivity index (χ4n) is 8.20. The van der Waals surface area contributed by atoms with Crippen LogP contribution in [0.25, 0.3) is 0 Å². The topological polar surface area (TPSA) is 345 Å².